The van der Waals surface area contributed by atoms with Gasteiger partial charge in [0.1, 0.15) is 11.4 Å². The van der Waals surface area contributed by atoms with Gasteiger partial charge in [0.25, 0.3) is 10.9 Å². The summed E-state index contributed by atoms with van der Waals surface area (Å²) in [4.78, 5) is 26.9. The average molecular weight is 470 g/mol. The van der Waals surface area contributed by atoms with E-state index in [4.69, 9.17) is 23.2 Å². The zero-order chi connectivity index (χ0) is 22.4. The van der Waals surface area contributed by atoms with E-state index in [1.165, 1.54) is 0 Å². The molecule has 1 unspecified atom stereocenters. The number of fused-ring (bicyclic) bond motifs is 1. The van der Waals surface area contributed by atoms with E-state index < -0.39 is 10.9 Å². The van der Waals surface area contributed by atoms with E-state index in [1.807, 2.05) is 24.3 Å². The van der Waals surface area contributed by atoms with E-state index >= 15 is 0 Å². The summed E-state index contributed by atoms with van der Waals surface area (Å²) in [6, 6.07) is 12.0. The molecule has 0 aromatic heterocycles. The number of nitrogens with zero attached hydrogens (tertiary/aromatic N) is 1. The maximum absolute atomic E-state index is 12.4. The van der Waals surface area contributed by atoms with Crippen molar-refractivity contribution in [2.45, 2.75) is 44.2 Å². The maximum Gasteiger partial charge on any atom is 0.253 e. The number of para-hydroxylation sites is 1. The van der Waals surface area contributed by atoms with Crippen molar-refractivity contribution in [3.05, 3.63) is 83.6 Å². The van der Waals surface area contributed by atoms with Crippen molar-refractivity contribution in [2.75, 3.05) is 24.2 Å². The molecule has 1 aliphatic heterocycles. The Morgan fingerprint density at radius 1 is 0.969 bits per heavy atom. The number of nitrogens with one attached hydrogen (secondary N) is 2. The average Bonchev–Trinajstić information content (AvgIpc) is 3.30. The number of anilines is 3. The molecule has 1 atom stereocenters. The first-order valence-electron chi connectivity index (χ1n) is 11.0. The quantitative estimate of drug-likeness (QED) is 0.498. The molecular formula is C25H25Cl2N3O2. The fraction of sp³-hybridized carbons (Fsp3) is 0.360. The van der Waals surface area contributed by atoms with Crippen LogP contribution in [0.5, 0.6) is 0 Å². The first-order valence-corrected chi connectivity index (χ1v) is 11.8. The first kappa shape index (κ1) is 21.5. The predicted molar refractivity (Wildman–Crippen MR) is 132 cm³/mol. The summed E-state index contributed by atoms with van der Waals surface area (Å²) in [5.41, 5.74) is 3.92. The monoisotopic (exact) mass is 469 g/mol. The fourth-order valence-corrected chi connectivity index (χ4v) is 5.65. The van der Waals surface area contributed by atoms with Crippen LogP contribution in [-0.4, -0.2) is 24.5 Å². The fourth-order valence-electron chi connectivity index (χ4n) is 5.08. The number of hydrogen-bond donors (Lipinski definition) is 2. The van der Waals surface area contributed by atoms with Gasteiger partial charge in [0, 0.05) is 40.8 Å². The standard InChI is InChI=1S/C25H25Cl2N3O2/c1-30-12-18(17-10-14(26)11-20(27)19(17)13-30)16-8-4-5-9-21(16)29-23-22(24(31)25(23)32)28-15-6-2-3-7-15/h4-5,8-11,15,18,28-29H,2-3,6-7,12-13H2,1H3. The molecule has 2 aliphatic rings. The van der Waals surface area contributed by atoms with Gasteiger partial charge in [-0.15, -0.1) is 0 Å². The van der Waals surface area contributed by atoms with Crippen LogP contribution in [0, 0.1) is 0 Å². The van der Waals surface area contributed by atoms with Gasteiger partial charge in [0.15, 0.2) is 0 Å². The summed E-state index contributed by atoms with van der Waals surface area (Å²) >= 11 is 12.9. The highest BCUT2D eigenvalue weighted by Crippen LogP contribution is 2.41. The van der Waals surface area contributed by atoms with E-state index in [0.717, 1.165) is 61.2 Å². The van der Waals surface area contributed by atoms with E-state index in [9.17, 15) is 9.59 Å². The molecule has 2 N–H and O–H groups in total. The topological polar surface area (TPSA) is 61.4 Å². The van der Waals surface area contributed by atoms with Gasteiger partial charge >= 0.3 is 0 Å². The van der Waals surface area contributed by atoms with Crippen molar-refractivity contribution in [1.29, 1.82) is 0 Å². The minimum absolute atomic E-state index is 0.0290. The van der Waals surface area contributed by atoms with Crippen molar-refractivity contribution in [3.8, 4) is 0 Å². The highest BCUT2D eigenvalue weighted by molar-refractivity contribution is 6.35. The Morgan fingerprint density at radius 2 is 1.69 bits per heavy atom. The number of benzene rings is 2. The summed E-state index contributed by atoms with van der Waals surface area (Å²) in [6.45, 7) is 1.55. The van der Waals surface area contributed by atoms with Crippen molar-refractivity contribution in [1.82, 2.24) is 4.90 Å². The smallest absolute Gasteiger partial charge is 0.253 e. The molecule has 1 heterocycles. The minimum Gasteiger partial charge on any atom is -0.377 e. The Labute approximate surface area is 197 Å². The predicted octanol–water partition coefficient (Wildman–Crippen LogP) is 5.26. The normalized spacial score (nSPS) is 19.3. The number of likely N-dealkylation sites (N-methyl/N-ethyl adjacent to an activating group) is 1. The largest absolute Gasteiger partial charge is 0.377 e. The second-order valence-corrected chi connectivity index (χ2v) is 9.79. The lowest BCUT2D eigenvalue weighted by molar-refractivity contribution is 0.295. The molecule has 3 aromatic rings. The Kier molecular flexibility index (Phi) is 5.74. The minimum atomic E-state index is -0.465. The van der Waals surface area contributed by atoms with Crippen LogP contribution < -0.4 is 21.5 Å². The molecule has 1 fully saturated rings. The number of rotatable bonds is 5. The lowest BCUT2D eigenvalue weighted by Gasteiger charge is -2.34. The summed E-state index contributed by atoms with van der Waals surface area (Å²) in [5, 5.41) is 7.87. The molecule has 0 bridgehead atoms. The highest BCUT2D eigenvalue weighted by atomic mass is 35.5. The van der Waals surface area contributed by atoms with Gasteiger partial charge in [-0.3, -0.25) is 9.59 Å². The lowest BCUT2D eigenvalue weighted by Crippen LogP contribution is -2.38. The lowest BCUT2D eigenvalue weighted by atomic mass is 9.84. The van der Waals surface area contributed by atoms with Gasteiger partial charge in [0.2, 0.25) is 0 Å². The van der Waals surface area contributed by atoms with Crippen molar-refractivity contribution < 1.29 is 0 Å². The molecule has 0 amide bonds. The summed E-state index contributed by atoms with van der Waals surface area (Å²) in [5.74, 6) is 0.0290. The van der Waals surface area contributed by atoms with E-state index in [1.54, 1.807) is 6.07 Å². The third-order valence-electron chi connectivity index (χ3n) is 6.70. The molecule has 3 aromatic carbocycles. The molecule has 0 spiro atoms. The van der Waals surface area contributed by atoms with Gasteiger partial charge in [0.05, 0.1) is 0 Å². The van der Waals surface area contributed by atoms with Gasteiger partial charge in [-0.25, -0.2) is 0 Å². The van der Waals surface area contributed by atoms with Gasteiger partial charge < -0.3 is 15.5 Å². The van der Waals surface area contributed by atoms with Crippen molar-refractivity contribution in [2.24, 2.45) is 0 Å². The van der Waals surface area contributed by atoms with Crippen molar-refractivity contribution in [3.63, 3.8) is 0 Å². The van der Waals surface area contributed by atoms with Crippen LogP contribution in [0.15, 0.2) is 46.0 Å². The molecule has 5 rings (SSSR count). The molecule has 7 heteroatoms. The van der Waals surface area contributed by atoms with Crippen molar-refractivity contribution >= 4 is 40.3 Å². The van der Waals surface area contributed by atoms with Gasteiger partial charge in [-0.1, -0.05) is 54.2 Å². The highest BCUT2D eigenvalue weighted by Gasteiger charge is 2.30. The molecule has 166 valence electrons. The zero-order valence-electron chi connectivity index (χ0n) is 17.9. The van der Waals surface area contributed by atoms with E-state index in [-0.39, 0.29) is 12.0 Å². The maximum atomic E-state index is 12.4. The molecule has 32 heavy (non-hydrogen) atoms. The first-order chi connectivity index (χ1) is 15.4. The number of halogens is 2. The molecule has 5 nitrogen and oxygen atoms in total. The van der Waals surface area contributed by atoms with Crippen LogP contribution in [0.3, 0.4) is 0 Å². The Balaban J connectivity index is 1.51. The van der Waals surface area contributed by atoms with Crippen LogP contribution in [0.2, 0.25) is 10.0 Å². The molecular weight excluding hydrogens is 445 g/mol. The molecule has 0 radical (unpaired) electrons. The van der Waals surface area contributed by atoms with E-state index in [0.29, 0.717) is 21.4 Å². The second kappa shape index (κ2) is 8.54. The summed E-state index contributed by atoms with van der Waals surface area (Å²) in [6.07, 6.45) is 4.36. The molecule has 0 saturated heterocycles. The van der Waals surface area contributed by atoms with E-state index in [2.05, 4.69) is 28.6 Å². The van der Waals surface area contributed by atoms with Gasteiger partial charge in [-0.05, 0) is 54.8 Å². The third kappa shape index (κ3) is 3.83. The molecule has 1 saturated carbocycles. The molecule has 1 aliphatic carbocycles. The number of hydrogen-bond acceptors (Lipinski definition) is 5. The Hall–Kier alpha value is -2.34. The summed E-state index contributed by atoms with van der Waals surface area (Å²) in [7, 11) is 2.07. The van der Waals surface area contributed by atoms with Crippen LogP contribution >= 0.6 is 23.2 Å². The Bertz CT molecular complexity index is 1240. The van der Waals surface area contributed by atoms with Gasteiger partial charge in [-0.2, -0.15) is 0 Å². The second-order valence-electron chi connectivity index (χ2n) is 8.95. The SMILES string of the molecule is CN1Cc2c(Cl)cc(Cl)cc2C(c2ccccc2Nc2c(NC3CCCC3)c(=O)c2=O)C1. The van der Waals surface area contributed by atoms with Crippen LogP contribution in [0.4, 0.5) is 17.1 Å². The Morgan fingerprint density at radius 3 is 2.47 bits per heavy atom. The van der Waals surface area contributed by atoms with Crippen LogP contribution in [0.25, 0.3) is 0 Å². The van der Waals surface area contributed by atoms with Crippen LogP contribution in [0.1, 0.15) is 48.3 Å². The van der Waals surface area contributed by atoms with Crippen LogP contribution in [-0.2, 0) is 6.54 Å². The third-order valence-corrected chi connectivity index (χ3v) is 7.26. The zero-order valence-corrected chi connectivity index (χ0v) is 19.4. The summed E-state index contributed by atoms with van der Waals surface area (Å²) < 4.78 is 0.